The molecule has 1 aliphatic heterocycles. The van der Waals surface area contributed by atoms with Gasteiger partial charge in [-0.25, -0.2) is 4.98 Å². The van der Waals surface area contributed by atoms with Crippen molar-refractivity contribution in [3.63, 3.8) is 0 Å². The first-order valence-corrected chi connectivity index (χ1v) is 7.57. The highest BCUT2D eigenvalue weighted by Crippen LogP contribution is 2.29. The molecule has 1 N–H and O–H groups in total. The summed E-state index contributed by atoms with van der Waals surface area (Å²) in [5.41, 5.74) is 0.927. The summed E-state index contributed by atoms with van der Waals surface area (Å²) in [5, 5.41) is 14.7. The van der Waals surface area contributed by atoms with Crippen molar-refractivity contribution < 1.29 is 4.92 Å². The summed E-state index contributed by atoms with van der Waals surface area (Å²) in [6, 6.07) is 3.73. The van der Waals surface area contributed by atoms with E-state index in [-0.39, 0.29) is 10.6 Å². The largest absolute Gasteiger partial charge is 0.351 e. The van der Waals surface area contributed by atoms with Gasteiger partial charge in [-0.15, -0.1) is 0 Å². The molecule has 6 nitrogen and oxygen atoms in total. The van der Waals surface area contributed by atoms with E-state index >= 15 is 0 Å². The summed E-state index contributed by atoms with van der Waals surface area (Å²) in [4.78, 5) is 17.3. The van der Waals surface area contributed by atoms with Crippen molar-refractivity contribution in [1.29, 1.82) is 0 Å². The van der Waals surface area contributed by atoms with Crippen molar-refractivity contribution in [2.45, 2.75) is 39.7 Å². The van der Waals surface area contributed by atoms with Gasteiger partial charge in [-0.2, -0.15) is 0 Å². The maximum atomic E-state index is 11.2. The lowest BCUT2D eigenvalue weighted by molar-refractivity contribution is -0.384. The Morgan fingerprint density at radius 3 is 2.95 bits per heavy atom. The van der Waals surface area contributed by atoms with E-state index in [4.69, 9.17) is 0 Å². The van der Waals surface area contributed by atoms with E-state index in [0.717, 1.165) is 38.2 Å². The van der Waals surface area contributed by atoms with Crippen molar-refractivity contribution in [2.75, 3.05) is 24.5 Å². The Morgan fingerprint density at radius 2 is 2.29 bits per heavy atom. The monoisotopic (exact) mass is 292 g/mol. The van der Waals surface area contributed by atoms with Crippen LogP contribution >= 0.6 is 0 Å². The van der Waals surface area contributed by atoms with Crippen LogP contribution in [-0.2, 0) is 0 Å². The topological polar surface area (TPSA) is 71.3 Å². The van der Waals surface area contributed by atoms with Crippen molar-refractivity contribution >= 4 is 11.5 Å². The number of nitro groups is 1. The molecule has 0 aromatic carbocycles. The number of aryl methyl sites for hydroxylation is 1. The molecule has 0 spiro atoms. The molecule has 1 saturated heterocycles. The predicted molar refractivity (Wildman–Crippen MR) is 83.7 cm³/mol. The number of nitrogens with one attached hydrogen (secondary N) is 1. The molecule has 1 aliphatic rings. The van der Waals surface area contributed by atoms with Crippen LogP contribution in [0.4, 0.5) is 11.5 Å². The molecule has 1 aromatic rings. The number of aromatic nitrogens is 1. The highest BCUT2D eigenvalue weighted by atomic mass is 16.6. The summed E-state index contributed by atoms with van der Waals surface area (Å²) in [6.45, 7) is 8.76. The number of anilines is 1. The predicted octanol–water partition coefficient (Wildman–Crippen LogP) is 2.51. The number of hydrogen-bond donors (Lipinski definition) is 1. The second kappa shape index (κ2) is 6.85. The third-order valence-corrected chi connectivity index (χ3v) is 3.82. The van der Waals surface area contributed by atoms with Crippen LogP contribution < -0.4 is 10.2 Å². The molecular weight excluding hydrogens is 268 g/mol. The van der Waals surface area contributed by atoms with Crippen LogP contribution in [0.3, 0.4) is 0 Å². The fourth-order valence-electron chi connectivity index (χ4n) is 2.74. The lowest BCUT2D eigenvalue weighted by atomic mass is 9.97. The summed E-state index contributed by atoms with van der Waals surface area (Å²) >= 11 is 0. The minimum atomic E-state index is -0.336. The average molecular weight is 292 g/mol. The van der Waals surface area contributed by atoms with E-state index in [9.17, 15) is 10.1 Å². The molecule has 6 heteroatoms. The van der Waals surface area contributed by atoms with Crippen LogP contribution in [0.2, 0.25) is 0 Å². The Kier molecular flexibility index (Phi) is 5.12. The van der Waals surface area contributed by atoms with E-state index < -0.39 is 0 Å². The molecule has 21 heavy (non-hydrogen) atoms. The minimum absolute atomic E-state index is 0.109. The van der Waals surface area contributed by atoms with Gasteiger partial charge in [-0.1, -0.05) is 13.8 Å². The molecule has 0 saturated carbocycles. The highest BCUT2D eigenvalue weighted by Gasteiger charge is 2.26. The molecule has 1 aromatic heterocycles. The van der Waals surface area contributed by atoms with Crippen molar-refractivity contribution in [2.24, 2.45) is 5.92 Å². The smallest absolute Gasteiger partial charge is 0.311 e. The van der Waals surface area contributed by atoms with Gasteiger partial charge in [0, 0.05) is 30.9 Å². The molecular formula is C15H24N4O2. The van der Waals surface area contributed by atoms with Crippen LogP contribution in [0.15, 0.2) is 12.1 Å². The number of nitrogens with zero attached hydrogens (tertiary/aromatic N) is 3. The van der Waals surface area contributed by atoms with Gasteiger partial charge in [0.1, 0.15) is 0 Å². The van der Waals surface area contributed by atoms with E-state index in [2.05, 4.69) is 29.0 Å². The van der Waals surface area contributed by atoms with Gasteiger partial charge in [0.15, 0.2) is 0 Å². The third-order valence-electron chi connectivity index (χ3n) is 3.82. The van der Waals surface area contributed by atoms with Gasteiger partial charge >= 0.3 is 5.69 Å². The van der Waals surface area contributed by atoms with Crippen LogP contribution in [0.5, 0.6) is 0 Å². The number of pyridine rings is 1. The second-order valence-corrected chi connectivity index (χ2v) is 6.07. The minimum Gasteiger partial charge on any atom is -0.351 e. The first kappa shape index (κ1) is 15.7. The highest BCUT2D eigenvalue weighted by molar-refractivity contribution is 5.58. The Bertz CT molecular complexity index is 504. The lowest BCUT2D eigenvalue weighted by Crippen LogP contribution is -2.41. The van der Waals surface area contributed by atoms with Gasteiger partial charge in [0.2, 0.25) is 5.82 Å². The van der Waals surface area contributed by atoms with E-state index in [1.54, 1.807) is 12.1 Å². The molecule has 1 fully saturated rings. The zero-order valence-corrected chi connectivity index (χ0v) is 13.0. The van der Waals surface area contributed by atoms with Crippen LogP contribution in [-0.4, -0.2) is 35.6 Å². The maximum Gasteiger partial charge on any atom is 0.311 e. The molecule has 1 atom stereocenters. The molecule has 0 aliphatic carbocycles. The Morgan fingerprint density at radius 1 is 1.52 bits per heavy atom. The van der Waals surface area contributed by atoms with E-state index in [1.165, 1.54) is 0 Å². The van der Waals surface area contributed by atoms with Gasteiger partial charge in [0.25, 0.3) is 0 Å². The summed E-state index contributed by atoms with van der Waals surface area (Å²) in [6.07, 6.45) is 2.22. The summed E-state index contributed by atoms with van der Waals surface area (Å²) in [7, 11) is 0. The van der Waals surface area contributed by atoms with E-state index in [1.807, 2.05) is 6.92 Å². The lowest BCUT2D eigenvalue weighted by Gasteiger charge is -2.33. The molecule has 2 rings (SSSR count). The molecule has 1 unspecified atom stereocenters. The first-order chi connectivity index (χ1) is 9.97. The number of rotatable bonds is 5. The summed E-state index contributed by atoms with van der Waals surface area (Å²) in [5.74, 6) is 1.04. The SMILES string of the molecule is Cc1ccc([N+](=O)[O-])c(N2CCCC(CNC(C)C)C2)n1. The maximum absolute atomic E-state index is 11.2. The molecule has 116 valence electrons. The zero-order valence-electron chi connectivity index (χ0n) is 13.0. The fourth-order valence-corrected chi connectivity index (χ4v) is 2.74. The van der Waals surface area contributed by atoms with Crippen molar-refractivity contribution in [1.82, 2.24) is 10.3 Å². The normalized spacial score (nSPS) is 19.0. The van der Waals surface area contributed by atoms with Crippen molar-refractivity contribution in [3.8, 4) is 0 Å². The van der Waals surface area contributed by atoms with Gasteiger partial charge in [-0.3, -0.25) is 10.1 Å². The van der Waals surface area contributed by atoms with Gasteiger partial charge < -0.3 is 10.2 Å². The standard InChI is InChI=1S/C15H24N4O2/c1-11(2)16-9-13-5-4-8-18(10-13)15-14(19(20)21)7-6-12(3)17-15/h6-7,11,13,16H,4-5,8-10H2,1-3H3. The molecule has 2 heterocycles. The fraction of sp³-hybridized carbons (Fsp3) is 0.667. The number of hydrogen-bond acceptors (Lipinski definition) is 5. The second-order valence-electron chi connectivity index (χ2n) is 6.07. The average Bonchev–Trinajstić information content (AvgIpc) is 2.45. The summed E-state index contributed by atoms with van der Waals surface area (Å²) < 4.78 is 0. The Labute approximate surface area is 125 Å². The van der Waals surface area contributed by atoms with Gasteiger partial charge in [-0.05, 0) is 38.3 Å². The third kappa shape index (κ3) is 4.14. The number of piperidine rings is 1. The quantitative estimate of drug-likeness (QED) is 0.667. The van der Waals surface area contributed by atoms with Gasteiger partial charge in [0.05, 0.1) is 4.92 Å². The van der Waals surface area contributed by atoms with E-state index in [0.29, 0.717) is 17.8 Å². The Hall–Kier alpha value is -1.69. The molecule has 0 bridgehead atoms. The van der Waals surface area contributed by atoms with Crippen molar-refractivity contribution in [3.05, 3.63) is 27.9 Å². The van der Waals surface area contributed by atoms with Crippen LogP contribution in [0.25, 0.3) is 0 Å². The van der Waals surface area contributed by atoms with Crippen LogP contribution in [0.1, 0.15) is 32.4 Å². The Balaban J connectivity index is 2.13. The van der Waals surface area contributed by atoms with Crippen LogP contribution in [0, 0.1) is 23.0 Å². The molecule has 0 amide bonds. The first-order valence-electron chi connectivity index (χ1n) is 7.57. The zero-order chi connectivity index (χ0) is 15.4. The molecule has 0 radical (unpaired) electrons.